The minimum atomic E-state index is -0.331. The molecular formula is C13H22N2O2. The van der Waals surface area contributed by atoms with E-state index in [0.29, 0.717) is 5.56 Å². The van der Waals surface area contributed by atoms with Gasteiger partial charge in [0.2, 0.25) is 0 Å². The molecule has 0 N–H and O–H groups in total. The molecule has 4 nitrogen and oxygen atoms in total. The van der Waals surface area contributed by atoms with Crippen LogP contribution in [0.15, 0.2) is 15.8 Å². The summed E-state index contributed by atoms with van der Waals surface area (Å²) in [6.07, 6.45) is 1.70. The molecule has 0 atom stereocenters. The molecule has 1 aromatic heterocycles. The summed E-state index contributed by atoms with van der Waals surface area (Å²) in [5, 5.41) is 0. The average molecular weight is 238 g/mol. The highest BCUT2D eigenvalue weighted by atomic mass is 16.2. The maximum absolute atomic E-state index is 12.1. The van der Waals surface area contributed by atoms with E-state index in [1.807, 2.05) is 41.5 Å². The third kappa shape index (κ3) is 2.51. The normalized spacial score (nSPS) is 12.9. The SMILES string of the molecule is Cn1c(=O)c(C(C)(C)C)cn(C(C)(C)C)c1=O. The Hall–Kier alpha value is -1.32. The number of nitrogens with zero attached hydrogens (tertiary/aromatic N) is 2. The van der Waals surface area contributed by atoms with Crippen molar-refractivity contribution in [3.05, 3.63) is 32.6 Å². The van der Waals surface area contributed by atoms with Crippen LogP contribution in [0.5, 0.6) is 0 Å². The molecule has 0 aliphatic carbocycles. The number of hydrogen-bond donors (Lipinski definition) is 0. The summed E-state index contributed by atoms with van der Waals surface area (Å²) in [6, 6.07) is 0. The van der Waals surface area contributed by atoms with Gasteiger partial charge < -0.3 is 0 Å². The van der Waals surface area contributed by atoms with Crippen LogP contribution in [-0.2, 0) is 18.0 Å². The Morgan fingerprint density at radius 2 is 1.47 bits per heavy atom. The van der Waals surface area contributed by atoms with E-state index in [2.05, 4.69) is 0 Å². The number of hydrogen-bond acceptors (Lipinski definition) is 2. The fraction of sp³-hybridized carbons (Fsp3) is 0.692. The van der Waals surface area contributed by atoms with Crippen LogP contribution in [0.4, 0.5) is 0 Å². The van der Waals surface area contributed by atoms with Crippen LogP contribution in [0, 0.1) is 0 Å². The van der Waals surface area contributed by atoms with Crippen LogP contribution in [0.2, 0.25) is 0 Å². The summed E-state index contributed by atoms with van der Waals surface area (Å²) in [5.41, 5.74) is -0.411. The van der Waals surface area contributed by atoms with Gasteiger partial charge >= 0.3 is 5.69 Å². The highest BCUT2D eigenvalue weighted by Crippen LogP contribution is 2.19. The van der Waals surface area contributed by atoms with Crippen molar-refractivity contribution >= 4 is 0 Å². The van der Waals surface area contributed by atoms with Crippen LogP contribution in [0.25, 0.3) is 0 Å². The van der Waals surface area contributed by atoms with E-state index in [-0.39, 0.29) is 22.2 Å². The van der Waals surface area contributed by atoms with E-state index in [9.17, 15) is 9.59 Å². The number of aromatic nitrogens is 2. The zero-order chi connectivity index (χ0) is 13.6. The first kappa shape index (κ1) is 13.7. The van der Waals surface area contributed by atoms with Gasteiger partial charge in [-0.15, -0.1) is 0 Å². The van der Waals surface area contributed by atoms with Gasteiger partial charge in [-0.2, -0.15) is 0 Å². The zero-order valence-electron chi connectivity index (χ0n) is 11.8. The van der Waals surface area contributed by atoms with Crippen molar-refractivity contribution < 1.29 is 0 Å². The summed E-state index contributed by atoms with van der Waals surface area (Å²) in [6.45, 7) is 11.8. The predicted octanol–water partition coefficient (Wildman–Crippen LogP) is 1.60. The van der Waals surface area contributed by atoms with Gasteiger partial charge in [0.15, 0.2) is 0 Å². The van der Waals surface area contributed by atoms with Crippen molar-refractivity contribution in [1.29, 1.82) is 0 Å². The first-order valence-corrected chi connectivity index (χ1v) is 5.80. The fourth-order valence-electron chi connectivity index (χ4n) is 1.66. The molecule has 4 heteroatoms. The van der Waals surface area contributed by atoms with Crippen LogP contribution < -0.4 is 11.2 Å². The summed E-state index contributed by atoms with van der Waals surface area (Å²) in [5.74, 6) is 0. The van der Waals surface area contributed by atoms with Gasteiger partial charge in [0.25, 0.3) is 5.56 Å². The third-order valence-electron chi connectivity index (χ3n) is 2.82. The van der Waals surface area contributed by atoms with Gasteiger partial charge in [0, 0.05) is 24.3 Å². The molecule has 0 bridgehead atoms. The second-order valence-corrected chi connectivity index (χ2v) is 6.48. The molecule has 0 fully saturated rings. The number of rotatable bonds is 0. The van der Waals surface area contributed by atoms with Crippen LogP contribution >= 0.6 is 0 Å². The lowest BCUT2D eigenvalue weighted by Gasteiger charge is -2.26. The van der Waals surface area contributed by atoms with E-state index < -0.39 is 0 Å². The Bertz CT molecular complexity index is 490. The molecule has 96 valence electrons. The van der Waals surface area contributed by atoms with Crippen molar-refractivity contribution in [1.82, 2.24) is 9.13 Å². The topological polar surface area (TPSA) is 44.0 Å². The maximum atomic E-state index is 12.1. The molecule has 1 aromatic rings. The highest BCUT2D eigenvalue weighted by Gasteiger charge is 2.24. The predicted molar refractivity (Wildman–Crippen MR) is 69.6 cm³/mol. The summed E-state index contributed by atoms with van der Waals surface area (Å²) >= 11 is 0. The minimum Gasteiger partial charge on any atom is -0.295 e. The van der Waals surface area contributed by atoms with Crippen molar-refractivity contribution in [2.45, 2.75) is 52.5 Å². The quantitative estimate of drug-likeness (QED) is 0.689. The lowest BCUT2D eigenvalue weighted by atomic mass is 9.88. The summed E-state index contributed by atoms with van der Waals surface area (Å²) in [7, 11) is 1.53. The van der Waals surface area contributed by atoms with Crippen LogP contribution in [0.1, 0.15) is 47.1 Å². The molecule has 17 heavy (non-hydrogen) atoms. The molecule has 1 heterocycles. The molecule has 0 radical (unpaired) electrons. The van der Waals surface area contributed by atoms with Crippen LogP contribution in [0.3, 0.4) is 0 Å². The molecule has 0 aliphatic rings. The molecule has 0 unspecified atom stereocenters. The van der Waals surface area contributed by atoms with Gasteiger partial charge in [-0.05, 0) is 26.2 Å². The van der Waals surface area contributed by atoms with Crippen LogP contribution in [-0.4, -0.2) is 9.13 Å². The van der Waals surface area contributed by atoms with Gasteiger partial charge in [-0.25, -0.2) is 4.79 Å². The fourth-order valence-corrected chi connectivity index (χ4v) is 1.66. The largest absolute Gasteiger partial charge is 0.331 e. The Kier molecular flexibility index (Phi) is 3.12. The second-order valence-electron chi connectivity index (χ2n) is 6.48. The molecule has 1 rings (SSSR count). The second kappa shape index (κ2) is 3.86. The van der Waals surface area contributed by atoms with E-state index in [1.165, 1.54) is 11.6 Å². The molecule has 0 spiro atoms. The van der Waals surface area contributed by atoms with Crippen molar-refractivity contribution in [2.75, 3.05) is 0 Å². The molecule has 0 saturated carbocycles. The minimum absolute atomic E-state index is 0.206. The summed E-state index contributed by atoms with van der Waals surface area (Å²) < 4.78 is 2.81. The Balaban J connectivity index is 3.76. The zero-order valence-corrected chi connectivity index (χ0v) is 11.8. The first-order chi connectivity index (χ1) is 7.46. The lowest BCUT2D eigenvalue weighted by Crippen LogP contribution is -2.46. The Morgan fingerprint density at radius 3 is 1.82 bits per heavy atom. The smallest absolute Gasteiger partial charge is 0.295 e. The van der Waals surface area contributed by atoms with Crippen molar-refractivity contribution in [2.24, 2.45) is 7.05 Å². The molecule has 0 aromatic carbocycles. The van der Waals surface area contributed by atoms with Crippen molar-refractivity contribution in [3.63, 3.8) is 0 Å². The molecule has 0 saturated heterocycles. The van der Waals surface area contributed by atoms with E-state index in [4.69, 9.17) is 0 Å². The third-order valence-corrected chi connectivity index (χ3v) is 2.82. The standard InChI is InChI=1S/C13H22N2O2/c1-12(2,3)9-8-15(13(4,5)6)11(17)14(7)10(9)16/h8H,1-7H3. The first-order valence-electron chi connectivity index (χ1n) is 5.80. The van der Waals surface area contributed by atoms with Crippen molar-refractivity contribution in [3.8, 4) is 0 Å². The monoisotopic (exact) mass is 238 g/mol. The highest BCUT2D eigenvalue weighted by molar-refractivity contribution is 5.16. The molecular weight excluding hydrogens is 216 g/mol. The lowest BCUT2D eigenvalue weighted by molar-refractivity contribution is 0.360. The molecule has 0 amide bonds. The van der Waals surface area contributed by atoms with Gasteiger partial charge in [0.1, 0.15) is 0 Å². The van der Waals surface area contributed by atoms with Gasteiger partial charge in [0.05, 0.1) is 0 Å². The average Bonchev–Trinajstić information content (AvgIpc) is 2.10. The maximum Gasteiger partial charge on any atom is 0.331 e. The van der Waals surface area contributed by atoms with E-state index in [1.54, 1.807) is 10.8 Å². The van der Waals surface area contributed by atoms with Gasteiger partial charge in [-0.1, -0.05) is 20.8 Å². The Labute approximate surface area is 102 Å². The van der Waals surface area contributed by atoms with E-state index in [0.717, 1.165) is 0 Å². The van der Waals surface area contributed by atoms with Gasteiger partial charge in [-0.3, -0.25) is 13.9 Å². The Morgan fingerprint density at radius 1 is 1.00 bits per heavy atom. The summed E-state index contributed by atoms with van der Waals surface area (Å²) in [4.78, 5) is 24.1. The molecule has 0 aliphatic heterocycles. The van der Waals surface area contributed by atoms with E-state index >= 15 is 0 Å².